The molecule has 0 unspecified atom stereocenters. The van der Waals surface area contributed by atoms with Crippen LogP contribution in [0.15, 0.2) is 53.4 Å². The summed E-state index contributed by atoms with van der Waals surface area (Å²) in [5.74, 6) is 1.73. The highest BCUT2D eigenvalue weighted by Crippen LogP contribution is 2.34. The van der Waals surface area contributed by atoms with E-state index in [9.17, 15) is 8.42 Å². The van der Waals surface area contributed by atoms with Crippen LogP contribution in [0.3, 0.4) is 0 Å². The molecule has 2 aliphatic heterocycles. The van der Waals surface area contributed by atoms with E-state index in [1.807, 2.05) is 30.3 Å². The molecule has 0 saturated carbocycles. The summed E-state index contributed by atoms with van der Waals surface area (Å²) in [6.45, 7) is 1.27. The van der Waals surface area contributed by atoms with Gasteiger partial charge >= 0.3 is 0 Å². The number of rotatable bonds is 5. The maximum Gasteiger partial charge on any atom is 0.243 e. The first-order valence-electron chi connectivity index (χ1n) is 8.32. The fourth-order valence-corrected chi connectivity index (χ4v) is 4.38. The molecule has 26 heavy (non-hydrogen) atoms. The van der Waals surface area contributed by atoms with Gasteiger partial charge in [0.2, 0.25) is 16.8 Å². The minimum absolute atomic E-state index is 0.106. The summed E-state index contributed by atoms with van der Waals surface area (Å²) in [5, 5.41) is 0. The van der Waals surface area contributed by atoms with E-state index in [0.29, 0.717) is 24.7 Å². The lowest BCUT2D eigenvalue weighted by molar-refractivity contribution is -0.0249. The first-order valence-corrected chi connectivity index (χ1v) is 9.76. The van der Waals surface area contributed by atoms with Crippen molar-refractivity contribution in [2.45, 2.75) is 11.0 Å². The van der Waals surface area contributed by atoms with Crippen LogP contribution in [0.25, 0.3) is 0 Å². The largest absolute Gasteiger partial charge is 0.491 e. The number of ether oxygens (including phenoxy) is 4. The van der Waals surface area contributed by atoms with E-state index in [0.717, 1.165) is 5.75 Å². The summed E-state index contributed by atoms with van der Waals surface area (Å²) >= 11 is 0. The van der Waals surface area contributed by atoms with Gasteiger partial charge in [0.15, 0.2) is 11.5 Å². The minimum Gasteiger partial charge on any atom is -0.491 e. The van der Waals surface area contributed by atoms with E-state index in [1.54, 1.807) is 6.07 Å². The van der Waals surface area contributed by atoms with Crippen LogP contribution in [0.4, 0.5) is 0 Å². The Balaban J connectivity index is 1.44. The molecule has 0 aromatic heterocycles. The van der Waals surface area contributed by atoms with Gasteiger partial charge in [-0.1, -0.05) is 18.2 Å². The molecule has 0 bridgehead atoms. The molecule has 0 radical (unpaired) electrons. The monoisotopic (exact) mass is 377 g/mol. The van der Waals surface area contributed by atoms with Crippen molar-refractivity contribution in [1.82, 2.24) is 4.31 Å². The average Bonchev–Trinajstić information content (AvgIpc) is 3.15. The summed E-state index contributed by atoms with van der Waals surface area (Å²) in [7, 11) is -3.64. The Morgan fingerprint density at radius 2 is 1.88 bits per heavy atom. The van der Waals surface area contributed by atoms with Gasteiger partial charge in [0.1, 0.15) is 18.5 Å². The number of benzene rings is 2. The van der Waals surface area contributed by atoms with Gasteiger partial charge in [-0.05, 0) is 24.3 Å². The third-order valence-electron chi connectivity index (χ3n) is 4.26. The number of para-hydroxylation sites is 1. The van der Waals surface area contributed by atoms with Crippen LogP contribution in [0, 0.1) is 0 Å². The number of sulfonamides is 1. The highest BCUT2D eigenvalue weighted by Gasteiger charge is 2.32. The van der Waals surface area contributed by atoms with Crippen LogP contribution in [-0.4, -0.2) is 51.9 Å². The van der Waals surface area contributed by atoms with Crippen molar-refractivity contribution < 1.29 is 27.4 Å². The summed E-state index contributed by atoms with van der Waals surface area (Å²) in [6.07, 6.45) is -0.326. The first kappa shape index (κ1) is 17.1. The lowest BCUT2D eigenvalue weighted by Crippen LogP contribution is -2.47. The van der Waals surface area contributed by atoms with Crippen LogP contribution < -0.4 is 14.2 Å². The Labute approximate surface area is 152 Å². The molecule has 138 valence electrons. The number of nitrogens with zero attached hydrogens (tertiary/aromatic N) is 1. The topological polar surface area (TPSA) is 74.3 Å². The van der Waals surface area contributed by atoms with Gasteiger partial charge in [0.05, 0.1) is 11.5 Å². The van der Waals surface area contributed by atoms with E-state index in [2.05, 4.69) is 0 Å². The second kappa shape index (κ2) is 7.14. The van der Waals surface area contributed by atoms with Crippen molar-refractivity contribution in [3.05, 3.63) is 48.5 Å². The summed E-state index contributed by atoms with van der Waals surface area (Å²) in [4.78, 5) is 0.186. The average molecular weight is 377 g/mol. The Kier molecular flexibility index (Phi) is 4.71. The fourth-order valence-electron chi connectivity index (χ4n) is 2.90. The van der Waals surface area contributed by atoms with Crippen LogP contribution in [0.1, 0.15) is 0 Å². The van der Waals surface area contributed by atoms with Gasteiger partial charge < -0.3 is 18.9 Å². The van der Waals surface area contributed by atoms with Crippen molar-refractivity contribution >= 4 is 10.0 Å². The molecular weight excluding hydrogens is 358 g/mol. The zero-order valence-corrected chi connectivity index (χ0v) is 14.9. The van der Waals surface area contributed by atoms with Crippen molar-refractivity contribution in [1.29, 1.82) is 0 Å². The molecule has 1 atom stereocenters. The van der Waals surface area contributed by atoms with Crippen molar-refractivity contribution in [3.63, 3.8) is 0 Å². The molecule has 0 N–H and O–H groups in total. The van der Waals surface area contributed by atoms with Gasteiger partial charge in [-0.15, -0.1) is 0 Å². The molecule has 1 saturated heterocycles. The number of morpholine rings is 1. The first-order chi connectivity index (χ1) is 12.6. The molecule has 0 amide bonds. The normalized spacial score (nSPS) is 20.1. The molecule has 8 heteroatoms. The van der Waals surface area contributed by atoms with E-state index >= 15 is 0 Å². The standard InChI is InChI=1S/C18H19NO6S/c20-26(21,16-6-7-17-18(10-16)25-13-24-17)19-8-9-22-15(11-19)12-23-14-4-2-1-3-5-14/h1-7,10,15H,8-9,11-13H2/t15-/m1/s1. The maximum atomic E-state index is 12.9. The van der Waals surface area contributed by atoms with Gasteiger partial charge in [-0.2, -0.15) is 4.31 Å². The smallest absolute Gasteiger partial charge is 0.243 e. The summed E-state index contributed by atoms with van der Waals surface area (Å²) < 4.78 is 49.2. The molecule has 7 nitrogen and oxygen atoms in total. The Hall–Kier alpha value is -2.29. The molecule has 2 aromatic carbocycles. The van der Waals surface area contributed by atoms with E-state index in [1.165, 1.54) is 16.4 Å². The third-order valence-corrected chi connectivity index (χ3v) is 6.12. The number of fused-ring (bicyclic) bond motifs is 1. The molecular formula is C18H19NO6S. The number of hydrogen-bond donors (Lipinski definition) is 0. The zero-order chi connectivity index (χ0) is 18.0. The molecule has 0 spiro atoms. The van der Waals surface area contributed by atoms with Crippen molar-refractivity contribution in [2.24, 2.45) is 0 Å². The van der Waals surface area contributed by atoms with Gasteiger partial charge in [0.25, 0.3) is 0 Å². The van der Waals surface area contributed by atoms with Crippen LogP contribution >= 0.6 is 0 Å². The predicted molar refractivity (Wildman–Crippen MR) is 93.0 cm³/mol. The van der Waals surface area contributed by atoms with Crippen molar-refractivity contribution in [2.75, 3.05) is 33.1 Å². The van der Waals surface area contributed by atoms with E-state index in [-0.39, 0.29) is 30.9 Å². The van der Waals surface area contributed by atoms with E-state index in [4.69, 9.17) is 18.9 Å². The molecule has 4 rings (SSSR count). The third kappa shape index (κ3) is 3.48. The quantitative estimate of drug-likeness (QED) is 0.792. The van der Waals surface area contributed by atoms with Crippen molar-refractivity contribution in [3.8, 4) is 17.2 Å². The van der Waals surface area contributed by atoms with E-state index < -0.39 is 10.0 Å². The Bertz CT molecular complexity index is 871. The zero-order valence-electron chi connectivity index (χ0n) is 14.0. The maximum absolute atomic E-state index is 12.9. The molecule has 2 aliphatic rings. The van der Waals surface area contributed by atoms with Crippen LogP contribution in [-0.2, 0) is 14.8 Å². The Morgan fingerprint density at radius 1 is 1.08 bits per heavy atom. The Morgan fingerprint density at radius 3 is 2.73 bits per heavy atom. The second-order valence-electron chi connectivity index (χ2n) is 5.99. The van der Waals surface area contributed by atoms with Gasteiger partial charge in [-0.25, -0.2) is 8.42 Å². The van der Waals surface area contributed by atoms with Crippen LogP contribution in [0.2, 0.25) is 0 Å². The highest BCUT2D eigenvalue weighted by molar-refractivity contribution is 7.89. The predicted octanol–water partition coefficient (Wildman–Crippen LogP) is 1.88. The SMILES string of the molecule is O=S(=O)(c1ccc2c(c1)OCO2)N1CCO[C@@H](COc2ccccc2)C1. The second-order valence-corrected chi connectivity index (χ2v) is 7.93. The molecule has 1 fully saturated rings. The highest BCUT2D eigenvalue weighted by atomic mass is 32.2. The van der Waals surface area contributed by atoms with Crippen LogP contribution in [0.5, 0.6) is 17.2 Å². The molecule has 2 aromatic rings. The summed E-state index contributed by atoms with van der Waals surface area (Å²) in [6, 6.07) is 14.0. The van der Waals surface area contributed by atoms with Gasteiger partial charge in [0, 0.05) is 19.2 Å². The van der Waals surface area contributed by atoms with Gasteiger partial charge in [-0.3, -0.25) is 0 Å². The lowest BCUT2D eigenvalue weighted by atomic mass is 10.3. The molecule has 2 heterocycles. The number of hydrogen-bond acceptors (Lipinski definition) is 6. The fraction of sp³-hybridized carbons (Fsp3) is 0.333. The summed E-state index contributed by atoms with van der Waals surface area (Å²) in [5.41, 5.74) is 0. The lowest BCUT2D eigenvalue weighted by Gasteiger charge is -2.32. The molecule has 0 aliphatic carbocycles. The minimum atomic E-state index is -3.64.